The SMILES string of the molecule is CCCNC(=O)C1(C)CCN(Cc2ccc(-c3ccccc3)o2)C1.CCCNC(=O)C1(C)CCN(Cc2ccc(OC)c3ccccc23)C1. The Bertz CT molecular complexity index is 1690. The molecule has 0 radical (unpaired) electrons. The molecule has 0 aliphatic carbocycles. The first-order valence-corrected chi connectivity index (χ1v) is 17.9. The zero-order chi connectivity index (χ0) is 34.9. The van der Waals surface area contributed by atoms with Crippen molar-refractivity contribution in [2.75, 3.05) is 46.4 Å². The van der Waals surface area contributed by atoms with Crippen molar-refractivity contribution in [3.8, 4) is 17.1 Å². The van der Waals surface area contributed by atoms with Crippen LogP contribution in [0.5, 0.6) is 5.75 Å². The molecule has 2 unspecified atom stereocenters. The zero-order valence-electron chi connectivity index (χ0n) is 30.0. The zero-order valence-corrected chi connectivity index (χ0v) is 30.0. The Morgan fingerprint density at radius 2 is 1.31 bits per heavy atom. The van der Waals surface area contributed by atoms with Crippen LogP contribution in [-0.4, -0.2) is 68.0 Å². The minimum absolute atomic E-state index is 0.177. The van der Waals surface area contributed by atoms with E-state index < -0.39 is 0 Å². The van der Waals surface area contributed by atoms with Crippen LogP contribution < -0.4 is 15.4 Å². The second kappa shape index (κ2) is 16.5. The van der Waals surface area contributed by atoms with Gasteiger partial charge in [0.05, 0.1) is 24.5 Å². The van der Waals surface area contributed by atoms with E-state index in [1.165, 1.54) is 10.9 Å². The van der Waals surface area contributed by atoms with Crippen molar-refractivity contribution >= 4 is 22.6 Å². The molecule has 49 heavy (non-hydrogen) atoms. The van der Waals surface area contributed by atoms with E-state index in [2.05, 4.69) is 72.4 Å². The summed E-state index contributed by atoms with van der Waals surface area (Å²) >= 11 is 0. The number of carbonyl (C=O) groups excluding carboxylic acids is 2. The van der Waals surface area contributed by atoms with Crippen LogP contribution in [0.4, 0.5) is 0 Å². The number of benzene rings is 3. The molecule has 2 saturated heterocycles. The topological polar surface area (TPSA) is 87.1 Å². The van der Waals surface area contributed by atoms with Gasteiger partial charge in [0.25, 0.3) is 0 Å². The van der Waals surface area contributed by atoms with E-state index in [9.17, 15) is 9.59 Å². The highest BCUT2D eigenvalue weighted by molar-refractivity contribution is 5.91. The highest BCUT2D eigenvalue weighted by atomic mass is 16.5. The standard InChI is InChI=1S/C21H28N2O2.C20H26N2O2/c1-4-12-22-20(24)21(2)11-13-23(15-21)14-16-9-10-19(25-3)18-8-6-5-7-17(16)18;1-3-12-21-19(23)20(2)11-13-22(15-20)14-17-9-10-18(24-17)16-7-5-4-6-8-16/h5-10H,4,11-15H2,1-3H3,(H,22,24);4-10H,3,11-15H2,1-2H3,(H,21,23). The van der Waals surface area contributed by atoms with Crippen LogP contribution in [0.25, 0.3) is 22.1 Å². The van der Waals surface area contributed by atoms with Crippen LogP contribution >= 0.6 is 0 Å². The molecule has 1 aromatic heterocycles. The molecular weight excluding hydrogens is 612 g/mol. The van der Waals surface area contributed by atoms with Gasteiger partial charge in [0.1, 0.15) is 17.3 Å². The highest BCUT2D eigenvalue weighted by Crippen LogP contribution is 2.34. The number of hydrogen-bond donors (Lipinski definition) is 2. The smallest absolute Gasteiger partial charge is 0.227 e. The molecule has 2 aliphatic heterocycles. The van der Waals surface area contributed by atoms with Crippen molar-refractivity contribution in [3.05, 3.63) is 90.2 Å². The lowest BCUT2D eigenvalue weighted by molar-refractivity contribution is -0.130. The number of methoxy groups -OCH3 is 1. The maximum Gasteiger partial charge on any atom is 0.227 e. The molecule has 2 fully saturated rings. The molecule has 8 heteroatoms. The molecular formula is C41H54N4O4. The quantitative estimate of drug-likeness (QED) is 0.165. The molecule has 262 valence electrons. The summed E-state index contributed by atoms with van der Waals surface area (Å²) < 4.78 is 11.5. The summed E-state index contributed by atoms with van der Waals surface area (Å²) in [5.74, 6) is 3.12. The Morgan fingerprint density at radius 3 is 1.90 bits per heavy atom. The van der Waals surface area contributed by atoms with E-state index in [1.807, 2.05) is 54.6 Å². The van der Waals surface area contributed by atoms with E-state index in [-0.39, 0.29) is 22.6 Å². The Hall–Kier alpha value is -4.14. The average molecular weight is 667 g/mol. The predicted molar refractivity (Wildman–Crippen MR) is 197 cm³/mol. The lowest BCUT2D eigenvalue weighted by Crippen LogP contribution is -2.41. The van der Waals surface area contributed by atoms with E-state index in [1.54, 1.807) is 7.11 Å². The summed E-state index contributed by atoms with van der Waals surface area (Å²) in [6.07, 6.45) is 3.76. The van der Waals surface area contributed by atoms with Crippen molar-refractivity contribution in [2.45, 2.75) is 66.5 Å². The highest BCUT2D eigenvalue weighted by Gasteiger charge is 2.41. The van der Waals surface area contributed by atoms with Crippen molar-refractivity contribution in [2.24, 2.45) is 10.8 Å². The minimum atomic E-state index is -0.288. The molecule has 6 rings (SSSR count). The van der Waals surface area contributed by atoms with Crippen molar-refractivity contribution < 1.29 is 18.7 Å². The largest absolute Gasteiger partial charge is 0.496 e. The van der Waals surface area contributed by atoms with Crippen molar-refractivity contribution in [1.82, 2.24) is 20.4 Å². The van der Waals surface area contributed by atoms with Gasteiger partial charge in [-0.3, -0.25) is 19.4 Å². The third kappa shape index (κ3) is 8.91. The summed E-state index contributed by atoms with van der Waals surface area (Å²) in [6, 6.07) is 26.7. The number of ether oxygens (including phenoxy) is 1. The second-order valence-corrected chi connectivity index (χ2v) is 14.2. The number of carbonyl (C=O) groups is 2. The Labute approximate surface area is 292 Å². The summed E-state index contributed by atoms with van der Waals surface area (Å²) in [4.78, 5) is 29.5. The molecule has 3 aromatic carbocycles. The van der Waals surface area contributed by atoms with Crippen LogP contribution in [0.1, 0.15) is 64.7 Å². The van der Waals surface area contributed by atoms with Gasteiger partial charge < -0.3 is 19.8 Å². The summed E-state index contributed by atoms with van der Waals surface area (Å²) in [7, 11) is 1.71. The fourth-order valence-electron chi connectivity index (χ4n) is 6.99. The molecule has 0 saturated carbocycles. The summed E-state index contributed by atoms with van der Waals surface area (Å²) in [5.41, 5.74) is 1.81. The summed E-state index contributed by atoms with van der Waals surface area (Å²) in [6.45, 7) is 14.9. The number of furan rings is 1. The average Bonchev–Trinajstić information content (AvgIpc) is 3.86. The first-order valence-electron chi connectivity index (χ1n) is 17.9. The molecule has 2 N–H and O–H groups in total. The summed E-state index contributed by atoms with van der Waals surface area (Å²) in [5, 5.41) is 8.47. The normalized spacial score (nSPS) is 20.9. The minimum Gasteiger partial charge on any atom is -0.496 e. The number of nitrogens with zero attached hydrogens (tertiary/aromatic N) is 2. The van der Waals surface area contributed by atoms with Crippen molar-refractivity contribution in [1.29, 1.82) is 0 Å². The fourth-order valence-corrected chi connectivity index (χ4v) is 6.99. The first kappa shape index (κ1) is 36.1. The molecule has 8 nitrogen and oxygen atoms in total. The molecule has 2 amide bonds. The van der Waals surface area contributed by atoms with E-state index in [4.69, 9.17) is 9.15 Å². The van der Waals surface area contributed by atoms with Gasteiger partial charge in [-0.15, -0.1) is 0 Å². The van der Waals surface area contributed by atoms with Crippen LogP contribution in [0.15, 0.2) is 83.3 Å². The third-order valence-corrected chi connectivity index (χ3v) is 9.96. The lowest BCUT2D eigenvalue weighted by Gasteiger charge is -2.24. The van der Waals surface area contributed by atoms with Gasteiger partial charge in [0.2, 0.25) is 11.8 Å². The molecule has 3 heterocycles. The monoisotopic (exact) mass is 666 g/mol. The molecule has 2 atom stereocenters. The van der Waals surface area contributed by atoms with Gasteiger partial charge >= 0.3 is 0 Å². The first-order chi connectivity index (χ1) is 23.7. The number of rotatable bonds is 12. The van der Waals surface area contributed by atoms with E-state index in [0.717, 1.165) is 106 Å². The van der Waals surface area contributed by atoms with Gasteiger partial charge in [-0.1, -0.05) is 74.5 Å². The Balaban J connectivity index is 0.000000191. The maximum atomic E-state index is 12.5. The number of nitrogens with one attached hydrogen (secondary N) is 2. The maximum absolute atomic E-state index is 12.5. The Morgan fingerprint density at radius 1 is 0.735 bits per heavy atom. The van der Waals surface area contributed by atoms with Crippen LogP contribution in [0, 0.1) is 10.8 Å². The second-order valence-electron chi connectivity index (χ2n) is 14.2. The third-order valence-electron chi connectivity index (χ3n) is 9.96. The van der Waals surface area contributed by atoms with Crippen LogP contribution in [0.2, 0.25) is 0 Å². The van der Waals surface area contributed by atoms with Gasteiger partial charge in [0, 0.05) is 43.7 Å². The van der Waals surface area contributed by atoms with E-state index in [0.29, 0.717) is 0 Å². The van der Waals surface area contributed by atoms with Gasteiger partial charge in [0.15, 0.2) is 0 Å². The van der Waals surface area contributed by atoms with Crippen LogP contribution in [0.3, 0.4) is 0 Å². The lowest BCUT2D eigenvalue weighted by atomic mass is 9.88. The number of likely N-dealkylation sites (tertiary alicyclic amines) is 2. The fraction of sp³-hybridized carbons (Fsp3) is 0.463. The number of fused-ring (bicyclic) bond motifs is 1. The van der Waals surface area contributed by atoms with Crippen LogP contribution in [-0.2, 0) is 22.7 Å². The van der Waals surface area contributed by atoms with E-state index >= 15 is 0 Å². The van der Waals surface area contributed by atoms with Gasteiger partial charge in [-0.25, -0.2) is 0 Å². The van der Waals surface area contributed by atoms with Gasteiger partial charge in [-0.05, 0) is 81.8 Å². The van der Waals surface area contributed by atoms with Gasteiger partial charge in [-0.2, -0.15) is 0 Å². The molecule has 0 spiro atoms. The Kier molecular flexibility index (Phi) is 12.2. The number of hydrogen-bond acceptors (Lipinski definition) is 6. The molecule has 0 bridgehead atoms. The van der Waals surface area contributed by atoms with Crippen molar-refractivity contribution in [3.63, 3.8) is 0 Å². The molecule has 4 aromatic rings. The molecule has 2 aliphatic rings. The number of amides is 2. The predicted octanol–water partition coefficient (Wildman–Crippen LogP) is 7.27.